The molecule has 0 N–H and O–H groups in total. The Morgan fingerprint density at radius 2 is 1.20 bits per heavy atom. The Bertz CT molecular complexity index is 1030. The first kappa shape index (κ1) is 31.4. The number of nitrogens with zero attached hydrogens (tertiary/aromatic N) is 1. The van der Waals surface area contributed by atoms with Crippen molar-refractivity contribution in [3.05, 3.63) is 40.0 Å². The molecule has 0 bridgehead atoms. The molecule has 1 aliphatic rings. The fourth-order valence-electron chi connectivity index (χ4n) is 2.27. The van der Waals surface area contributed by atoms with Gasteiger partial charge >= 0.3 is 28.0 Å². The van der Waals surface area contributed by atoms with Crippen LogP contribution in [-0.4, -0.2) is 56.3 Å². The van der Waals surface area contributed by atoms with Gasteiger partial charge in [-0.15, -0.1) is 0 Å². The fourth-order valence-corrected chi connectivity index (χ4v) is 6.70. The van der Waals surface area contributed by atoms with Gasteiger partial charge in [-0.05, 0) is 5.56 Å². The van der Waals surface area contributed by atoms with Crippen LogP contribution in [0.4, 0.5) is 43.9 Å². The highest BCUT2D eigenvalue weighted by Gasteiger charge is 2.68. The first-order valence-corrected chi connectivity index (χ1v) is 13.4. The quantitative estimate of drug-likeness (QED) is 0.346. The van der Waals surface area contributed by atoms with Crippen LogP contribution >= 0.6 is 0 Å². The maximum atomic E-state index is 12.3. The number of hydrogen-bond donors (Lipinski definition) is 0. The van der Waals surface area contributed by atoms with E-state index in [-0.39, 0.29) is 10.9 Å². The van der Waals surface area contributed by atoms with E-state index >= 15 is 0 Å². The first-order valence-electron chi connectivity index (χ1n) is 8.93. The van der Waals surface area contributed by atoms with E-state index < -0.39 is 42.9 Å². The summed E-state index contributed by atoms with van der Waals surface area (Å²) in [5, 5.41) is -13.5. The molecule has 0 saturated carbocycles. The van der Waals surface area contributed by atoms with E-state index in [0.29, 0.717) is 9.24 Å². The van der Waals surface area contributed by atoms with Gasteiger partial charge in [-0.3, -0.25) is 0 Å². The van der Waals surface area contributed by atoms with Crippen LogP contribution in [0.5, 0.6) is 0 Å². The second kappa shape index (κ2) is 10.8. The average molecular weight is 587 g/mol. The van der Waals surface area contributed by atoms with Crippen LogP contribution in [0.25, 0.3) is 4.13 Å². The monoisotopic (exact) mass is 587 g/mol. The summed E-state index contributed by atoms with van der Waals surface area (Å²) >= 11 is 0. The minimum Gasteiger partial charge on any atom is -0.425 e. The Hall–Kier alpha value is -1.60. The molecule has 0 aromatic heterocycles. The Morgan fingerprint density at radius 3 is 1.54 bits per heavy atom. The summed E-state index contributed by atoms with van der Waals surface area (Å²) in [5.41, 5.74) is 1.36. The van der Waals surface area contributed by atoms with Crippen molar-refractivity contribution in [3.8, 4) is 0 Å². The van der Waals surface area contributed by atoms with Crippen LogP contribution in [0.15, 0.2) is 30.3 Å². The fraction of sp³-hybridized carbons (Fsp3) is 0.562. The molecule has 202 valence electrons. The number of carbonyl (C=O) groups is 1. The van der Waals surface area contributed by atoms with Crippen molar-refractivity contribution in [2.45, 2.75) is 42.1 Å². The number of hydrogen-bond acceptors (Lipinski definition) is 5. The summed E-state index contributed by atoms with van der Waals surface area (Å²) in [6, 6.07) is 10.4. The van der Waals surface area contributed by atoms with Crippen molar-refractivity contribution in [2.75, 3.05) is 11.5 Å². The number of halogens is 10. The highest BCUT2D eigenvalue weighted by molar-refractivity contribution is 8.13. The molecule has 1 aliphatic heterocycles. The van der Waals surface area contributed by atoms with Gasteiger partial charge in [0.1, 0.15) is 11.5 Å². The van der Waals surface area contributed by atoms with Gasteiger partial charge in [0.05, 0.1) is 17.3 Å². The molecule has 1 fully saturated rings. The summed E-state index contributed by atoms with van der Waals surface area (Å²) in [5.74, 6) is 2.22. The van der Waals surface area contributed by atoms with Crippen molar-refractivity contribution in [3.63, 3.8) is 0 Å². The van der Waals surface area contributed by atoms with E-state index in [0.717, 1.165) is 30.8 Å². The molecule has 1 heterocycles. The van der Waals surface area contributed by atoms with Gasteiger partial charge in [0.2, 0.25) is 0 Å². The number of rotatable bonds is 7. The zero-order chi connectivity index (χ0) is 27.5. The lowest BCUT2D eigenvalue weighted by Crippen LogP contribution is -2.48. The third-order valence-electron chi connectivity index (χ3n) is 4.08. The summed E-state index contributed by atoms with van der Waals surface area (Å²) in [6.45, 7) is 0. The summed E-state index contributed by atoms with van der Waals surface area (Å²) in [7, 11) is -15.2. The first-order chi connectivity index (χ1) is 15.6. The minimum atomic E-state index is -7.62. The number of sulfonamides is 2. The minimum absolute atomic E-state index is 0.0886. The standard InChI is InChI=1S/C12H15OS.C4F10NO4S2/c13-12-7-4-9-14(12)10-8-11-5-2-1-3-6-11;5-1(6,7)3(11,12)20(16,17)15-21(18,19)4(13,14)2(8,9)10/h1-3,5-6H,4,7-10H2;/q+1;-1. The van der Waals surface area contributed by atoms with E-state index in [1.165, 1.54) is 5.56 Å². The number of aryl methyl sites for hydroxylation is 1. The van der Waals surface area contributed by atoms with E-state index in [1.54, 1.807) is 0 Å². The molecule has 1 atom stereocenters. The lowest BCUT2D eigenvalue weighted by molar-refractivity contribution is -0.241. The van der Waals surface area contributed by atoms with E-state index in [2.05, 4.69) is 24.3 Å². The maximum absolute atomic E-state index is 12.3. The third kappa shape index (κ3) is 7.45. The normalized spacial score (nSPS) is 18.2. The molecular weight excluding hydrogens is 572 g/mol. The summed E-state index contributed by atoms with van der Waals surface area (Å²) in [6.07, 6.45) is -11.0. The van der Waals surface area contributed by atoms with Crippen molar-refractivity contribution in [2.24, 2.45) is 0 Å². The van der Waals surface area contributed by atoms with Gasteiger partial charge < -0.3 is 4.13 Å². The molecular formula is C16H15F10NO5S3. The Morgan fingerprint density at radius 1 is 0.771 bits per heavy atom. The summed E-state index contributed by atoms with van der Waals surface area (Å²) in [4.78, 5) is 11.4. The van der Waals surface area contributed by atoms with E-state index in [9.17, 15) is 65.5 Å². The Balaban J connectivity index is 0.000000375. The Labute approximate surface area is 195 Å². The molecule has 0 amide bonds. The van der Waals surface area contributed by atoms with Gasteiger partial charge in [-0.1, -0.05) is 30.3 Å². The van der Waals surface area contributed by atoms with Crippen LogP contribution in [-0.2, 0) is 42.2 Å². The van der Waals surface area contributed by atoms with Crippen LogP contribution in [0.2, 0.25) is 0 Å². The molecule has 1 unspecified atom stereocenters. The third-order valence-corrected chi connectivity index (χ3v) is 9.73. The van der Waals surface area contributed by atoms with E-state index in [1.807, 2.05) is 6.07 Å². The highest BCUT2D eigenvalue weighted by Crippen LogP contribution is 2.47. The van der Waals surface area contributed by atoms with Gasteiger partial charge in [0.15, 0.2) is 20.0 Å². The van der Waals surface area contributed by atoms with E-state index in [4.69, 9.17) is 0 Å². The topological polar surface area (TPSA) is 99.4 Å². The van der Waals surface area contributed by atoms with Crippen LogP contribution in [0, 0.1) is 0 Å². The highest BCUT2D eigenvalue weighted by atomic mass is 32.3. The molecule has 1 saturated heterocycles. The van der Waals surface area contributed by atoms with Crippen molar-refractivity contribution >= 4 is 36.1 Å². The Kier molecular flexibility index (Phi) is 9.69. The van der Waals surface area contributed by atoms with Crippen molar-refractivity contribution in [1.29, 1.82) is 0 Å². The molecule has 0 spiro atoms. The van der Waals surface area contributed by atoms with Crippen molar-refractivity contribution < 1.29 is 65.5 Å². The SMILES string of the molecule is O=C1CCC[S+]1CCc1ccccc1.O=S(=O)([N-]S(=O)(=O)C(F)(F)C(F)(F)F)C(F)(F)C(F)(F)F. The molecule has 6 nitrogen and oxygen atoms in total. The van der Waals surface area contributed by atoms with Gasteiger partial charge in [-0.2, -0.15) is 43.9 Å². The van der Waals surface area contributed by atoms with Gasteiger partial charge in [0.25, 0.3) is 0 Å². The van der Waals surface area contributed by atoms with Gasteiger partial charge in [0, 0.05) is 12.8 Å². The summed E-state index contributed by atoms with van der Waals surface area (Å²) < 4.78 is 161. The molecule has 19 heteroatoms. The molecule has 35 heavy (non-hydrogen) atoms. The molecule has 0 radical (unpaired) electrons. The second-order valence-corrected chi connectivity index (χ2v) is 12.4. The largest absolute Gasteiger partial charge is 0.467 e. The molecule has 0 aliphatic carbocycles. The van der Waals surface area contributed by atoms with Gasteiger partial charge in [-0.25, -0.2) is 21.6 Å². The predicted molar refractivity (Wildman–Crippen MR) is 105 cm³/mol. The lowest BCUT2D eigenvalue weighted by Gasteiger charge is -2.31. The zero-order valence-electron chi connectivity index (χ0n) is 16.9. The molecule has 1 aromatic carbocycles. The zero-order valence-corrected chi connectivity index (χ0v) is 19.4. The number of alkyl halides is 10. The molecule has 2 rings (SSSR count). The van der Waals surface area contributed by atoms with Crippen LogP contribution in [0.3, 0.4) is 0 Å². The average Bonchev–Trinajstić information content (AvgIpc) is 3.09. The lowest BCUT2D eigenvalue weighted by atomic mass is 10.2. The predicted octanol–water partition coefficient (Wildman–Crippen LogP) is 4.50. The number of carbonyl (C=O) groups excluding carboxylic acids is 1. The van der Waals surface area contributed by atoms with Crippen LogP contribution < -0.4 is 0 Å². The maximum Gasteiger partial charge on any atom is 0.467 e. The van der Waals surface area contributed by atoms with Crippen molar-refractivity contribution in [1.82, 2.24) is 0 Å². The number of benzene rings is 1. The smallest absolute Gasteiger partial charge is 0.425 e. The molecule has 1 aromatic rings. The second-order valence-electron chi connectivity index (χ2n) is 6.67. The van der Waals surface area contributed by atoms with Crippen LogP contribution in [0.1, 0.15) is 18.4 Å².